The van der Waals surface area contributed by atoms with Crippen molar-refractivity contribution in [1.82, 2.24) is 5.32 Å². The van der Waals surface area contributed by atoms with Gasteiger partial charge in [0.25, 0.3) is 0 Å². The van der Waals surface area contributed by atoms with Crippen LogP contribution in [0.1, 0.15) is 41.1 Å². The van der Waals surface area contributed by atoms with Crippen molar-refractivity contribution in [3.05, 3.63) is 44.3 Å². The summed E-state index contributed by atoms with van der Waals surface area (Å²) in [5, 5.41) is 7.99. The van der Waals surface area contributed by atoms with Crippen LogP contribution in [-0.2, 0) is 6.42 Å². The summed E-state index contributed by atoms with van der Waals surface area (Å²) in [6, 6.07) is 7.15. The van der Waals surface area contributed by atoms with Gasteiger partial charge in [-0.3, -0.25) is 0 Å². The summed E-state index contributed by atoms with van der Waals surface area (Å²) < 4.78 is 0. The molecule has 2 aromatic heterocycles. The summed E-state index contributed by atoms with van der Waals surface area (Å²) in [6.45, 7) is 5.45. The molecule has 3 heteroatoms. The molecular weight excluding hydrogens is 258 g/mol. The van der Waals surface area contributed by atoms with Crippen LogP contribution in [0.4, 0.5) is 0 Å². The second-order valence-corrected chi connectivity index (χ2v) is 6.53. The van der Waals surface area contributed by atoms with Gasteiger partial charge in [-0.15, -0.1) is 22.7 Å². The van der Waals surface area contributed by atoms with Gasteiger partial charge < -0.3 is 5.32 Å². The molecule has 1 unspecified atom stereocenters. The molecule has 0 amide bonds. The molecule has 1 atom stereocenters. The fourth-order valence-corrected chi connectivity index (χ4v) is 4.04. The van der Waals surface area contributed by atoms with Crippen molar-refractivity contribution in [3.8, 4) is 0 Å². The van der Waals surface area contributed by atoms with E-state index in [1.54, 1.807) is 0 Å². The lowest BCUT2D eigenvalue weighted by Crippen LogP contribution is -2.20. The minimum atomic E-state index is 0.537. The molecule has 0 radical (unpaired) electrons. The topological polar surface area (TPSA) is 12.0 Å². The van der Waals surface area contributed by atoms with Crippen LogP contribution in [0.2, 0.25) is 0 Å². The number of thiophene rings is 2. The van der Waals surface area contributed by atoms with E-state index in [4.69, 9.17) is 0 Å². The van der Waals surface area contributed by atoms with Gasteiger partial charge in [0.15, 0.2) is 0 Å². The fraction of sp³-hybridized carbons (Fsp3) is 0.467. The van der Waals surface area contributed by atoms with E-state index in [9.17, 15) is 0 Å². The summed E-state index contributed by atoms with van der Waals surface area (Å²) in [4.78, 5) is 3.02. The van der Waals surface area contributed by atoms with Gasteiger partial charge >= 0.3 is 0 Å². The van der Waals surface area contributed by atoms with Crippen LogP contribution in [0, 0.1) is 6.92 Å². The molecule has 0 fully saturated rings. The maximum atomic E-state index is 3.62. The second kappa shape index (κ2) is 7.07. The number of hydrogen-bond donors (Lipinski definition) is 1. The zero-order valence-electron chi connectivity index (χ0n) is 11.1. The highest BCUT2D eigenvalue weighted by Gasteiger charge is 2.13. The summed E-state index contributed by atoms with van der Waals surface area (Å²) in [5.41, 5.74) is 1.43. The molecular formula is C15H21NS2. The van der Waals surface area contributed by atoms with Crippen LogP contribution in [-0.4, -0.2) is 6.54 Å². The Kier molecular flexibility index (Phi) is 5.42. The van der Waals surface area contributed by atoms with Crippen molar-refractivity contribution in [2.75, 3.05) is 6.54 Å². The normalized spacial score (nSPS) is 12.8. The Hall–Kier alpha value is -0.640. The zero-order valence-corrected chi connectivity index (χ0v) is 12.7. The highest BCUT2D eigenvalue weighted by molar-refractivity contribution is 7.10. The molecule has 0 bridgehead atoms. The van der Waals surface area contributed by atoms with E-state index in [0.717, 1.165) is 6.54 Å². The molecule has 0 spiro atoms. The van der Waals surface area contributed by atoms with Gasteiger partial charge in [-0.2, -0.15) is 0 Å². The van der Waals surface area contributed by atoms with Gasteiger partial charge in [0.2, 0.25) is 0 Å². The average Bonchev–Trinajstić information content (AvgIpc) is 2.99. The lowest BCUT2D eigenvalue weighted by molar-refractivity contribution is 0.504. The van der Waals surface area contributed by atoms with Crippen LogP contribution in [0.15, 0.2) is 29.0 Å². The number of aryl methyl sites for hydroxylation is 2. The largest absolute Gasteiger partial charge is 0.310 e. The maximum Gasteiger partial charge on any atom is 0.0417 e. The molecule has 2 rings (SSSR count). The molecule has 18 heavy (non-hydrogen) atoms. The number of rotatable bonds is 7. The molecule has 2 heterocycles. The molecule has 0 aliphatic heterocycles. The van der Waals surface area contributed by atoms with Crippen LogP contribution in [0.5, 0.6) is 0 Å². The van der Waals surface area contributed by atoms with Crippen LogP contribution < -0.4 is 5.32 Å². The first-order chi connectivity index (χ1) is 8.81. The van der Waals surface area contributed by atoms with Crippen molar-refractivity contribution in [3.63, 3.8) is 0 Å². The van der Waals surface area contributed by atoms with Crippen LogP contribution >= 0.6 is 22.7 Å². The fourth-order valence-electron chi connectivity index (χ4n) is 2.25. The van der Waals surface area contributed by atoms with E-state index in [0.29, 0.717) is 6.04 Å². The Morgan fingerprint density at radius 3 is 2.72 bits per heavy atom. The Bertz CT molecular complexity index is 445. The van der Waals surface area contributed by atoms with Gasteiger partial charge in [0, 0.05) is 15.8 Å². The van der Waals surface area contributed by atoms with E-state index in [-0.39, 0.29) is 0 Å². The lowest BCUT2D eigenvalue weighted by atomic mass is 10.0. The molecule has 0 aliphatic rings. The van der Waals surface area contributed by atoms with E-state index >= 15 is 0 Å². The minimum absolute atomic E-state index is 0.537. The molecule has 98 valence electrons. The average molecular weight is 279 g/mol. The summed E-state index contributed by atoms with van der Waals surface area (Å²) in [7, 11) is 0. The van der Waals surface area contributed by atoms with Gasteiger partial charge in [0.05, 0.1) is 0 Å². The van der Waals surface area contributed by atoms with Crippen molar-refractivity contribution in [2.45, 2.75) is 39.2 Å². The first kappa shape index (κ1) is 13.8. The van der Waals surface area contributed by atoms with Gasteiger partial charge in [0.1, 0.15) is 0 Å². The summed E-state index contributed by atoms with van der Waals surface area (Å²) in [5.74, 6) is 0. The van der Waals surface area contributed by atoms with Gasteiger partial charge in [-0.25, -0.2) is 0 Å². The Morgan fingerprint density at radius 2 is 2.11 bits per heavy atom. The SMILES string of the molecule is CCNC(CCCc1cccs1)c1sccc1C. The number of hydrogen-bond acceptors (Lipinski definition) is 3. The van der Waals surface area contributed by atoms with Crippen LogP contribution in [0.3, 0.4) is 0 Å². The van der Waals surface area contributed by atoms with Crippen molar-refractivity contribution >= 4 is 22.7 Å². The van der Waals surface area contributed by atoms with Gasteiger partial charge in [-0.05, 0) is 61.2 Å². The maximum absolute atomic E-state index is 3.62. The molecule has 0 aromatic carbocycles. The predicted molar refractivity (Wildman–Crippen MR) is 82.7 cm³/mol. The van der Waals surface area contributed by atoms with Crippen LogP contribution in [0.25, 0.3) is 0 Å². The minimum Gasteiger partial charge on any atom is -0.310 e. The Balaban J connectivity index is 1.89. The molecule has 1 nitrogen and oxygen atoms in total. The highest BCUT2D eigenvalue weighted by atomic mass is 32.1. The first-order valence-corrected chi connectivity index (χ1v) is 8.37. The molecule has 1 N–H and O–H groups in total. The highest BCUT2D eigenvalue weighted by Crippen LogP contribution is 2.28. The monoisotopic (exact) mass is 279 g/mol. The summed E-state index contributed by atoms with van der Waals surface area (Å²) in [6.07, 6.45) is 3.70. The lowest BCUT2D eigenvalue weighted by Gasteiger charge is -2.17. The Labute approximate surface area is 118 Å². The van der Waals surface area contributed by atoms with Crippen molar-refractivity contribution < 1.29 is 0 Å². The first-order valence-electron chi connectivity index (χ1n) is 6.61. The third-order valence-electron chi connectivity index (χ3n) is 3.16. The second-order valence-electron chi connectivity index (χ2n) is 4.55. The zero-order chi connectivity index (χ0) is 12.8. The molecule has 0 saturated carbocycles. The third kappa shape index (κ3) is 3.67. The Morgan fingerprint density at radius 1 is 1.22 bits per heavy atom. The molecule has 0 saturated heterocycles. The summed E-state index contributed by atoms with van der Waals surface area (Å²) >= 11 is 3.76. The van der Waals surface area contributed by atoms with E-state index in [1.165, 1.54) is 34.6 Å². The van der Waals surface area contributed by atoms with Gasteiger partial charge in [-0.1, -0.05) is 13.0 Å². The van der Waals surface area contributed by atoms with E-state index < -0.39 is 0 Å². The standard InChI is InChI=1S/C15H21NS2/c1-3-16-14(15-12(2)9-11-18-15)8-4-6-13-7-5-10-17-13/h5,7,9-11,14,16H,3-4,6,8H2,1-2H3. The van der Waals surface area contributed by atoms with Crippen molar-refractivity contribution in [2.24, 2.45) is 0 Å². The van der Waals surface area contributed by atoms with Crippen molar-refractivity contribution in [1.29, 1.82) is 0 Å². The smallest absolute Gasteiger partial charge is 0.0417 e. The van der Waals surface area contributed by atoms with E-state index in [2.05, 4.69) is 48.1 Å². The molecule has 2 aromatic rings. The predicted octanol–water partition coefficient (Wildman–Crippen LogP) is 4.79. The third-order valence-corrected chi connectivity index (χ3v) is 5.23. The number of nitrogens with one attached hydrogen (secondary N) is 1. The molecule has 0 aliphatic carbocycles. The quantitative estimate of drug-likeness (QED) is 0.768. The van der Waals surface area contributed by atoms with E-state index in [1.807, 2.05) is 22.7 Å².